The van der Waals surface area contributed by atoms with Crippen molar-refractivity contribution in [2.75, 3.05) is 20.1 Å². The van der Waals surface area contributed by atoms with Crippen molar-refractivity contribution in [1.29, 1.82) is 0 Å². The van der Waals surface area contributed by atoms with Crippen LogP contribution in [0.2, 0.25) is 0 Å². The third kappa shape index (κ3) is 4.81. The highest BCUT2D eigenvalue weighted by atomic mass is 16.2. The molecule has 1 unspecified atom stereocenters. The van der Waals surface area contributed by atoms with Gasteiger partial charge in [-0.05, 0) is 60.9 Å². The lowest BCUT2D eigenvalue weighted by atomic mass is 9.73. The molecular formula is C26H33N3O2. The van der Waals surface area contributed by atoms with Gasteiger partial charge in [0.05, 0.1) is 5.41 Å². The molecule has 5 heteroatoms. The molecule has 0 bridgehead atoms. The van der Waals surface area contributed by atoms with Crippen LogP contribution in [-0.4, -0.2) is 41.8 Å². The van der Waals surface area contributed by atoms with E-state index in [9.17, 15) is 9.59 Å². The summed E-state index contributed by atoms with van der Waals surface area (Å²) in [6.07, 6.45) is 11.4. The largest absolute Gasteiger partial charge is 0.359 e. The standard InChI is InChI=1S/C26H33N3O2/c1-27-25(31)26(13-6-16-29(19-26)24(30)22-8-3-2-4-9-22)18-20-7-5-10-23(17-20)21-11-14-28-15-12-21/h5,7,10-12,14-15,17,22H,2-4,6,8-9,13,16,18-19H2,1H3,(H,27,31). The number of hydrogen-bond donors (Lipinski definition) is 1. The molecule has 1 aromatic carbocycles. The monoisotopic (exact) mass is 419 g/mol. The van der Waals surface area contributed by atoms with E-state index in [1.807, 2.05) is 17.0 Å². The highest BCUT2D eigenvalue weighted by Crippen LogP contribution is 2.37. The van der Waals surface area contributed by atoms with Gasteiger partial charge >= 0.3 is 0 Å². The van der Waals surface area contributed by atoms with Crippen LogP contribution in [0.15, 0.2) is 48.8 Å². The highest BCUT2D eigenvalue weighted by molar-refractivity contribution is 5.85. The Balaban J connectivity index is 1.57. The Bertz CT molecular complexity index is 908. The Morgan fingerprint density at radius 3 is 2.58 bits per heavy atom. The molecule has 0 radical (unpaired) electrons. The zero-order chi connectivity index (χ0) is 21.7. The van der Waals surface area contributed by atoms with Crippen molar-refractivity contribution in [1.82, 2.24) is 15.2 Å². The molecule has 31 heavy (non-hydrogen) atoms. The van der Waals surface area contributed by atoms with Crippen LogP contribution in [0.1, 0.15) is 50.5 Å². The van der Waals surface area contributed by atoms with Crippen LogP contribution in [0.5, 0.6) is 0 Å². The molecule has 1 atom stereocenters. The molecule has 4 rings (SSSR count). The van der Waals surface area contributed by atoms with Crippen LogP contribution in [0.4, 0.5) is 0 Å². The first-order valence-corrected chi connectivity index (χ1v) is 11.6. The molecule has 2 fully saturated rings. The summed E-state index contributed by atoms with van der Waals surface area (Å²) in [4.78, 5) is 32.5. The van der Waals surface area contributed by atoms with Gasteiger partial charge in [-0.1, -0.05) is 43.5 Å². The Kier molecular flexibility index (Phi) is 6.69. The summed E-state index contributed by atoms with van der Waals surface area (Å²) >= 11 is 0. The third-order valence-corrected chi connectivity index (χ3v) is 7.03. The molecule has 1 aliphatic carbocycles. The first-order valence-electron chi connectivity index (χ1n) is 11.6. The summed E-state index contributed by atoms with van der Waals surface area (Å²) in [5.41, 5.74) is 2.79. The predicted molar refractivity (Wildman–Crippen MR) is 122 cm³/mol. The van der Waals surface area contributed by atoms with E-state index < -0.39 is 5.41 Å². The maximum atomic E-state index is 13.2. The van der Waals surface area contributed by atoms with E-state index in [0.717, 1.165) is 61.8 Å². The summed E-state index contributed by atoms with van der Waals surface area (Å²) in [7, 11) is 1.71. The second-order valence-electron chi connectivity index (χ2n) is 9.17. The van der Waals surface area contributed by atoms with Gasteiger partial charge in [0.25, 0.3) is 0 Å². The molecule has 1 aromatic heterocycles. The second kappa shape index (κ2) is 9.63. The summed E-state index contributed by atoms with van der Waals surface area (Å²) < 4.78 is 0. The minimum Gasteiger partial charge on any atom is -0.359 e. The number of pyridine rings is 1. The molecule has 0 spiro atoms. The maximum absolute atomic E-state index is 13.2. The summed E-state index contributed by atoms with van der Waals surface area (Å²) in [5.74, 6) is 0.449. The molecule has 2 aliphatic rings. The summed E-state index contributed by atoms with van der Waals surface area (Å²) in [5, 5.41) is 2.90. The van der Waals surface area contributed by atoms with Crippen LogP contribution < -0.4 is 5.32 Å². The smallest absolute Gasteiger partial charge is 0.228 e. The van der Waals surface area contributed by atoms with Crippen LogP contribution in [0, 0.1) is 11.3 Å². The summed E-state index contributed by atoms with van der Waals surface area (Å²) in [6, 6.07) is 12.4. The Morgan fingerprint density at radius 1 is 1.06 bits per heavy atom. The van der Waals surface area contributed by atoms with Gasteiger partial charge in [-0.3, -0.25) is 14.6 Å². The van der Waals surface area contributed by atoms with Crippen LogP contribution in [0.25, 0.3) is 11.1 Å². The maximum Gasteiger partial charge on any atom is 0.228 e. The first-order chi connectivity index (χ1) is 15.1. The van der Waals surface area contributed by atoms with E-state index >= 15 is 0 Å². The van der Waals surface area contributed by atoms with Crippen LogP contribution in [-0.2, 0) is 16.0 Å². The van der Waals surface area contributed by atoms with Gasteiger partial charge in [0, 0.05) is 38.4 Å². The number of carbonyl (C=O) groups excluding carboxylic acids is 2. The van der Waals surface area contributed by atoms with Crippen molar-refractivity contribution in [3.63, 3.8) is 0 Å². The van der Waals surface area contributed by atoms with E-state index in [1.165, 1.54) is 6.42 Å². The molecule has 1 saturated carbocycles. The fraction of sp³-hybridized carbons (Fsp3) is 0.500. The number of likely N-dealkylation sites (tertiary alicyclic amines) is 1. The normalized spacial score (nSPS) is 22.2. The van der Waals surface area contributed by atoms with Crippen molar-refractivity contribution < 1.29 is 9.59 Å². The SMILES string of the molecule is CNC(=O)C1(Cc2cccc(-c3ccncc3)c2)CCCN(C(=O)C2CCCCC2)C1. The number of amides is 2. The van der Waals surface area contributed by atoms with Crippen molar-refractivity contribution in [3.8, 4) is 11.1 Å². The quantitative estimate of drug-likeness (QED) is 0.789. The van der Waals surface area contributed by atoms with Crippen molar-refractivity contribution in [2.24, 2.45) is 11.3 Å². The topological polar surface area (TPSA) is 62.3 Å². The molecule has 1 saturated heterocycles. The van der Waals surface area contributed by atoms with Crippen LogP contribution in [0.3, 0.4) is 0 Å². The molecule has 5 nitrogen and oxygen atoms in total. The van der Waals surface area contributed by atoms with Gasteiger partial charge in [-0.25, -0.2) is 0 Å². The van der Waals surface area contributed by atoms with Gasteiger partial charge in [-0.2, -0.15) is 0 Å². The van der Waals surface area contributed by atoms with E-state index in [2.05, 4.69) is 34.6 Å². The van der Waals surface area contributed by atoms with Gasteiger partial charge in [-0.15, -0.1) is 0 Å². The minimum atomic E-state index is -0.575. The number of aromatic nitrogens is 1. The number of carbonyl (C=O) groups is 2. The fourth-order valence-electron chi connectivity index (χ4n) is 5.40. The molecule has 2 heterocycles. The number of rotatable bonds is 5. The van der Waals surface area contributed by atoms with E-state index in [1.54, 1.807) is 19.4 Å². The van der Waals surface area contributed by atoms with Crippen molar-refractivity contribution in [3.05, 3.63) is 54.4 Å². The average molecular weight is 420 g/mol. The first kappa shape index (κ1) is 21.5. The van der Waals surface area contributed by atoms with Gasteiger partial charge in [0.2, 0.25) is 11.8 Å². The molecule has 1 N–H and O–H groups in total. The minimum absolute atomic E-state index is 0.0444. The lowest BCUT2D eigenvalue weighted by molar-refractivity contribution is -0.144. The Labute approximate surface area is 185 Å². The number of nitrogens with zero attached hydrogens (tertiary/aromatic N) is 2. The number of nitrogens with one attached hydrogen (secondary N) is 1. The summed E-state index contributed by atoms with van der Waals surface area (Å²) in [6.45, 7) is 1.28. The predicted octanol–water partition coefficient (Wildman–Crippen LogP) is 4.23. The van der Waals surface area contributed by atoms with Gasteiger partial charge in [0.15, 0.2) is 0 Å². The molecule has 2 aromatic rings. The average Bonchev–Trinajstić information content (AvgIpc) is 2.84. The van der Waals surface area contributed by atoms with Crippen molar-refractivity contribution in [2.45, 2.75) is 51.4 Å². The third-order valence-electron chi connectivity index (χ3n) is 7.03. The lowest BCUT2D eigenvalue weighted by Gasteiger charge is -2.43. The van der Waals surface area contributed by atoms with Gasteiger partial charge < -0.3 is 10.2 Å². The molecule has 164 valence electrons. The van der Waals surface area contributed by atoms with E-state index in [-0.39, 0.29) is 17.7 Å². The Hall–Kier alpha value is -2.69. The number of benzene rings is 1. The molecule has 1 aliphatic heterocycles. The van der Waals surface area contributed by atoms with Gasteiger partial charge in [0.1, 0.15) is 0 Å². The van der Waals surface area contributed by atoms with Crippen LogP contribution >= 0.6 is 0 Å². The van der Waals surface area contributed by atoms with Crippen molar-refractivity contribution >= 4 is 11.8 Å². The highest BCUT2D eigenvalue weighted by Gasteiger charge is 2.44. The number of hydrogen-bond acceptors (Lipinski definition) is 3. The second-order valence-corrected chi connectivity index (χ2v) is 9.17. The Morgan fingerprint density at radius 2 is 1.84 bits per heavy atom. The van der Waals surface area contributed by atoms with E-state index in [4.69, 9.17) is 0 Å². The zero-order valence-electron chi connectivity index (χ0n) is 18.5. The molecular weight excluding hydrogens is 386 g/mol. The lowest BCUT2D eigenvalue weighted by Crippen LogP contribution is -2.55. The molecule has 2 amide bonds. The number of piperidine rings is 1. The van der Waals surface area contributed by atoms with E-state index in [0.29, 0.717) is 13.0 Å². The zero-order valence-corrected chi connectivity index (χ0v) is 18.5. The fourth-order valence-corrected chi connectivity index (χ4v) is 5.40.